The molecule has 2 aliphatic rings. The molecule has 1 saturated heterocycles. The molecule has 0 radical (unpaired) electrons. The molecule has 2 heterocycles. The predicted octanol–water partition coefficient (Wildman–Crippen LogP) is 9.20. The van der Waals surface area contributed by atoms with Crippen LogP contribution in [-0.4, -0.2) is 79.0 Å². The zero-order valence-electron chi connectivity index (χ0n) is 35.8. The van der Waals surface area contributed by atoms with Crippen LogP contribution in [0.15, 0.2) is 131 Å². The van der Waals surface area contributed by atoms with Crippen LogP contribution < -0.4 is 25.2 Å². The van der Waals surface area contributed by atoms with Crippen molar-refractivity contribution in [1.29, 1.82) is 0 Å². The first kappa shape index (κ1) is 44.6. The van der Waals surface area contributed by atoms with E-state index in [-0.39, 0.29) is 28.2 Å². The van der Waals surface area contributed by atoms with Crippen molar-refractivity contribution in [2.75, 3.05) is 58.3 Å². The standard InChI is InChI=1S/C48H50ClN7O6S2/c1-32-44(47(57)51-37-30-48(2,58)31-37)45(46(53(32)3)33-12-14-35(49)15-13-33)34-8-7-9-39(28-34)55-25-23-54(24-26-55)38-18-16-36(17-19-38)52-64(61,62)41-20-21-42(43(29-41)56(59)60)50-22-27-63-40-10-5-4-6-11-40/h4-21,28-29,37,50,52,58H,22-27,30-31H2,1-3H3,(H,51,57). The minimum atomic E-state index is -4.13. The maximum absolute atomic E-state index is 14.1. The molecule has 1 aromatic heterocycles. The number of aliphatic hydroxyl groups is 1. The average Bonchev–Trinajstić information content (AvgIpc) is 3.54. The number of aromatic nitrogens is 1. The lowest BCUT2D eigenvalue weighted by Crippen LogP contribution is -2.53. The molecule has 332 valence electrons. The van der Waals surface area contributed by atoms with Gasteiger partial charge in [0.15, 0.2) is 0 Å². The molecule has 16 heteroatoms. The molecule has 5 aromatic carbocycles. The monoisotopic (exact) mass is 919 g/mol. The van der Waals surface area contributed by atoms with Crippen molar-refractivity contribution in [2.45, 2.75) is 48.1 Å². The zero-order chi connectivity index (χ0) is 45.2. The Bertz CT molecular complexity index is 2770. The number of thioether (sulfide) groups is 1. The minimum absolute atomic E-state index is 0.102. The summed E-state index contributed by atoms with van der Waals surface area (Å²) in [6, 6.07) is 36.6. The number of anilines is 4. The highest BCUT2D eigenvalue weighted by atomic mass is 35.5. The first-order chi connectivity index (χ1) is 30.7. The molecule has 1 aliphatic heterocycles. The second-order valence-corrected chi connectivity index (χ2v) is 19.8. The number of hydrogen-bond donors (Lipinski definition) is 4. The lowest BCUT2D eigenvalue weighted by Gasteiger charge is -2.41. The number of amides is 1. The van der Waals surface area contributed by atoms with E-state index in [0.717, 1.165) is 63.5 Å². The predicted molar refractivity (Wildman–Crippen MR) is 258 cm³/mol. The third-order valence-corrected chi connectivity index (χ3v) is 14.6. The van der Waals surface area contributed by atoms with Gasteiger partial charge in [0.25, 0.3) is 21.6 Å². The molecule has 0 bridgehead atoms. The van der Waals surface area contributed by atoms with Crippen LogP contribution in [0.3, 0.4) is 0 Å². The number of nitro groups is 1. The third kappa shape index (κ3) is 9.87. The molecule has 4 N–H and O–H groups in total. The van der Waals surface area contributed by atoms with Crippen molar-refractivity contribution in [3.63, 3.8) is 0 Å². The van der Waals surface area contributed by atoms with Crippen molar-refractivity contribution in [3.05, 3.63) is 148 Å². The van der Waals surface area contributed by atoms with E-state index in [1.54, 1.807) is 30.8 Å². The number of nitro benzene ring substituents is 1. The maximum Gasteiger partial charge on any atom is 0.293 e. The van der Waals surface area contributed by atoms with Gasteiger partial charge in [-0.15, -0.1) is 11.8 Å². The number of nitrogens with zero attached hydrogens (tertiary/aromatic N) is 4. The van der Waals surface area contributed by atoms with Crippen LogP contribution in [0, 0.1) is 17.0 Å². The summed E-state index contributed by atoms with van der Waals surface area (Å²) in [5.41, 5.74) is 6.47. The molecule has 13 nitrogen and oxygen atoms in total. The van der Waals surface area contributed by atoms with Crippen LogP contribution in [0.25, 0.3) is 22.4 Å². The molecule has 0 spiro atoms. The Balaban J connectivity index is 0.930. The van der Waals surface area contributed by atoms with Crippen molar-refractivity contribution in [1.82, 2.24) is 9.88 Å². The van der Waals surface area contributed by atoms with Gasteiger partial charge in [-0.25, -0.2) is 8.42 Å². The van der Waals surface area contributed by atoms with Gasteiger partial charge in [-0.2, -0.15) is 0 Å². The van der Waals surface area contributed by atoms with Crippen molar-refractivity contribution in [3.8, 4) is 22.4 Å². The average molecular weight is 921 g/mol. The number of carbonyl (C=O) groups excluding carboxylic acids is 1. The van der Waals surface area contributed by atoms with Crippen LogP contribution in [0.1, 0.15) is 35.8 Å². The number of piperazine rings is 1. The Hall–Kier alpha value is -6.00. The second kappa shape index (κ2) is 18.6. The third-order valence-electron chi connectivity index (χ3n) is 11.9. The Morgan fingerprint density at radius 2 is 1.55 bits per heavy atom. The van der Waals surface area contributed by atoms with Crippen LogP contribution in [0.5, 0.6) is 0 Å². The Kier molecular flexibility index (Phi) is 13.0. The first-order valence-corrected chi connectivity index (χ1v) is 23.9. The normalized spacial score (nSPS) is 17.4. The van der Waals surface area contributed by atoms with E-state index >= 15 is 0 Å². The first-order valence-electron chi connectivity index (χ1n) is 21.1. The smallest absolute Gasteiger partial charge is 0.293 e. The minimum Gasteiger partial charge on any atom is -0.390 e. The lowest BCUT2D eigenvalue weighted by molar-refractivity contribution is -0.384. The zero-order valence-corrected chi connectivity index (χ0v) is 38.1. The topological polar surface area (TPSA) is 162 Å². The number of benzene rings is 5. The van der Waals surface area contributed by atoms with Crippen LogP contribution in [0.2, 0.25) is 5.02 Å². The summed E-state index contributed by atoms with van der Waals surface area (Å²) in [4.78, 5) is 30.9. The number of halogens is 1. The highest BCUT2D eigenvalue weighted by Crippen LogP contribution is 2.41. The van der Waals surface area contributed by atoms with E-state index in [4.69, 9.17) is 11.6 Å². The summed E-state index contributed by atoms with van der Waals surface area (Å²) in [7, 11) is -2.16. The van der Waals surface area contributed by atoms with Gasteiger partial charge in [-0.3, -0.25) is 19.6 Å². The molecule has 2 fully saturated rings. The van der Waals surface area contributed by atoms with E-state index in [0.29, 0.717) is 54.5 Å². The summed E-state index contributed by atoms with van der Waals surface area (Å²) in [5.74, 6) is 0.499. The summed E-state index contributed by atoms with van der Waals surface area (Å²) in [6.07, 6.45) is 1.01. The Morgan fingerprint density at radius 1 is 0.875 bits per heavy atom. The molecular weight excluding hydrogens is 870 g/mol. The van der Waals surface area contributed by atoms with Gasteiger partial charge < -0.3 is 30.1 Å². The molecular formula is C48H50ClN7O6S2. The molecule has 0 unspecified atom stereocenters. The summed E-state index contributed by atoms with van der Waals surface area (Å²) >= 11 is 7.90. The lowest BCUT2D eigenvalue weighted by atomic mass is 9.77. The molecule has 8 rings (SSSR count). The van der Waals surface area contributed by atoms with Gasteiger partial charge in [0.05, 0.1) is 26.7 Å². The SMILES string of the molecule is Cc1c(C(=O)NC2CC(C)(O)C2)c(-c2cccc(N3CCN(c4ccc(NS(=O)(=O)c5ccc(NCCSc6ccccc6)c([N+](=O)[O-])c5)cc4)CC3)c2)c(-c2ccc(Cl)cc2)n1C. The van der Waals surface area contributed by atoms with Gasteiger partial charge in [0.1, 0.15) is 5.69 Å². The van der Waals surface area contributed by atoms with Gasteiger partial charge in [-0.05, 0) is 111 Å². The van der Waals surface area contributed by atoms with E-state index in [2.05, 4.69) is 41.9 Å². The van der Waals surface area contributed by atoms with Crippen LogP contribution in [0.4, 0.5) is 28.4 Å². The summed E-state index contributed by atoms with van der Waals surface area (Å²) in [6.45, 7) is 7.07. The fourth-order valence-electron chi connectivity index (χ4n) is 8.55. The number of nitrogens with one attached hydrogen (secondary N) is 3. The van der Waals surface area contributed by atoms with Crippen LogP contribution in [-0.2, 0) is 17.1 Å². The fraction of sp³-hybridized carbons (Fsp3) is 0.271. The molecule has 6 aromatic rings. The Morgan fingerprint density at radius 3 is 2.20 bits per heavy atom. The van der Waals surface area contributed by atoms with E-state index in [1.165, 1.54) is 12.1 Å². The van der Waals surface area contributed by atoms with E-state index in [9.17, 15) is 28.4 Å². The molecule has 1 amide bonds. The molecule has 0 atom stereocenters. The fourth-order valence-corrected chi connectivity index (χ4v) is 10.5. The van der Waals surface area contributed by atoms with Crippen molar-refractivity contribution in [2.24, 2.45) is 7.05 Å². The summed E-state index contributed by atoms with van der Waals surface area (Å²) in [5, 5.41) is 29.2. The number of carbonyl (C=O) groups is 1. The Labute approximate surface area is 382 Å². The van der Waals surface area contributed by atoms with E-state index < -0.39 is 20.5 Å². The van der Waals surface area contributed by atoms with Gasteiger partial charge in [0, 0.05) is 95.9 Å². The number of sulfonamides is 1. The second-order valence-electron chi connectivity index (χ2n) is 16.5. The molecule has 64 heavy (non-hydrogen) atoms. The van der Waals surface area contributed by atoms with Crippen molar-refractivity contribution >= 4 is 67.7 Å². The summed E-state index contributed by atoms with van der Waals surface area (Å²) < 4.78 is 31.5. The van der Waals surface area contributed by atoms with Gasteiger partial charge in [-0.1, -0.05) is 54.1 Å². The largest absolute Gasteiger partial charge is 0.390 e. The van der Waals surface area contributed by atoms with Gasteiger partial charge >= 0.3 is 0 Å². The van der Waals surface area contributed by atoms with Crippen molar-refractivity contribution < 1.29 is 23.2 Å². The highest BCUT2D eigenvalue weighted by Gasteiger charge is 2.40. The van der Waals surface area contributed by atoms with E-state index in [1.807, 2.05) is 92.8 Å². The highest BCUT2D eigenvalue weighted by molar-refractivity contribution is 7.99. The maximum atomic E-state index is 14.1. The van der Waals surface area contributed by atoms with Crippen LogP contribution >= 0.6 is 23.4 Å². The molecule has 1 saturated carbocycles. The number of rotatable bonds is 15. The van der Waals surface area contributed by atoms with Gasteiger partial charge in [0.2, 0.25) is 0 Å². The molecule has 1 aliphatic carbocycles. The quantitative estimate of drug-likeness (QED) is 0.0338. The number of hydrogen-bond acceptors (Lipinski definition) is 10.